The van der Waals surface area contributed by atoms with E-state index in [0.29, 0.717) is 25.7 Å². The van der Waals surface area contributed by atoms with Gasteiger partial charge in [-0.15, -0.1) is 0 Å². The first-order valence-corrected chi connectivity index (χ1v) is 9.68. The van der Waals surface area contributed by atoms with Gasteiger partial charge in [-0.3, -0.25) is 4.79 Å². The van der Waals surface area contributed by atoms with E-state index in [1.54, 1.807) is 6.08 Å². The summed E-state index contributed by atoms with van der Waals surface area (Å²) in [4.78, 5) is 10.5. The van der Waals surface area contributed by atoms with Crippen molar-refractivity contribution in [3.63, 3.8) is 0 Å². The summed E-state index contributed by atoms with van der Waals surface area (Å²) in [6.07, 6.45) is 10.1. The highest BCUT2D eigenvalue weighted by Crippen LogP contribution is 2.27. The predicted octanol–water partition coefficient (Wildman–Crippen LogP) is 2.56. The van der Waals surface area contributed by atoms with Gasteiger partial charge in [0.15, 0.2) is 0 Å². The first kappa shape index (κ1) is 22.8. The van der Waals surface area contributed by atoms with Crippen molar-refractivity contribution in [3.05, 3.63) is 24.3 Å². The number of aliphatic hydroxyl groups excluding tert-OH is 3. The summed E-state index contributed by atoms with van der Waals surface area (Å²) in [5, 5.41) is 38.7. The van der Waals surface area contributed by atoms with E-state index in [4.69, 9.17) is 9.84 Å². The third-order valence-electron chi connectivity index (χ3n) is 4.56. The first-order chi connectivity index (χ1) is 12.4. The van der Waals surface area contributed by atoms with Gasteiger partial charge in [-0.1, -0.05) is 44.1 Å². The summed E-state index contributed by atoms with van der Waals surface area (Å²) in [6, 6.07) is 0. The van der Waals surface area contributed by atoms with Crippen molar-refractivity contribution in [1.29, 1.82) is 0 Å². The number of aliphatic carboxylic acids is 1. The summed E-state index contributed by atoms with van der Waals surface area (Å²) in [7, 11) is 0. The van der Waals surface area contributed by atoms with Crippen molar-refractivity contribution in [2.75, 3.05) is 0 Å². The van der Waals surface area contributed by atoms with Gasteiger partial charge in [0.2, 0.25) is 0 Å². The molecule has 0 spiro atoms. The molecule has 6 heteroatoms. The van der Waals surface area contributed by atoms with Crippen molar-refractivity contribution in [1.82, 2.24) is 0 Å². The molecule has 1 heterocycles. The van der Waals surface area contributed by atoms with E-state index in [1.165, 1.54) is 18.9 Å². The maximum absolute atomic E-state index is 10.5. The summed E-state index contributed by atoms with van der Waals surface area (Å²) in [5.74, 6) is -0.870. The number of hydrogen-bond acceptors (Lipinski definition) is 5. The Kier molecular flexibility index (Phi) is 11.4. The van der Waals surface area contributed by atoms with Crippen LogP contribution in [-0.4, -0.2) is 56.9 Å². The number of unbranched alkanes of at least 4 members (excludes halogenated alkanes) is 3. The van der Waals surface area contributed by atoms with Crippen LogP contribution < -0.4 is 0 Å². The number of ether oxygens (including phenoxy) is 1. The minimum Gasteiger partial charge on any atom is -0.481 e. The highest BCUT2D eigenvalue weighted by atomic mass is 16.5. The van der Waals surface area contributed by atoms with Gasteiger partial charge in [-0.25, -0.2) is 0 Å². The van der Waals surface area contributed by atoms with Crippen molar-refractivity contribution < 1.29 is 30.0 Å². The monoisotopic (exact) mass is 370 g/mol. The van der Waals surface area contributed by atoms with Crippen LogP contribution in [0.2, 0.25) is 0 Å². The number of hydrogen-bond donors (Lipinski definition) is 4. The fraction of sp³-hybridized carbons (Fsp3) is 0.750. The molecule has 0 aliphatic carbocycles. The van der Waals surface area contributed by atoms with E-state index in [9.17, 15) is 20.1 Å². The Morgan fingerprint density at radius 2 is 1.96 bits per heavy atom. The Labute approximate surface area is 156 Å². The molecule has 1 saturated heterocycles. The smallest absolute Gasteiger partial charge is 0.303 e. The molecule has 0 aromatic carbocycles. The standard InChI is InChI=1S/C20H34O6/c1-2-3-4-5-6-7-9-15(21)12-13-16(22)19-14-17(23)18(26-19)10-8-11-20(24)25/h6-7,12-13,15-19,21-23H,2-5,8-11,14H2,1H3,(H,24,25)/b7-6-,13-12-/t15-,16-,17+,18+,19-/m0/s1. The van der Waals surface area contributed by atoms with Gasteiger partial charge < -0.3 is 25.2 Å². The Bertz CT molecular complexity index is 448. The van der Waals surface area contributed by atoms with Gasteiger partial charge in [-0.2, -0.15) is 0 Å². The number of carboxylic acid groups (broad SMARTS) is 1. The molecule has 6 nitrogen and oxygen atoms in total. The lowest BCUT2D eigenvalue weighted by Gasteiger charge is -2.17. The normalized spacial score (nSPS) is 25.9. The topological polar surface area (TPSA) is 107 Å². The molecule has 1 fully saturated rings. The van der Waals surface area contributed by atoms with Gasteiger partial charge in [-0.05, 0) is 32.1 Å². The third kappa shape index (κ3) is 9.48. The number of aliphatic hydroxyl groups is 3. The van der Waals surface area contributed by atoms with Gasteiger partial charge in [0, 0.05) is 12.8 Å². The zero-order chi connectivity index (χ0) is 19.4. The molecule has 0 bridgehead atoms. The molecular weight excluding hydrogens is 336 g/mol. The molecule has 1 aliphatic rings. The van der Waals surface area contributed by atoms with Crippen molar-refractivity contribution in [2.45, 2.75) is 95.2 Å². The lowest BCUT2D eigenvalue weighted by atomic mass is 10.0. The molecular formula is C20H34O6. The van der Waals surface area contributed by atoms with E-state index < -0.39 is 36.5 Å². The van der Waals surface area contributed by atoms with Crippen LogP contribution in [0.3, 0.4) is 0 Å². The van der Waals surface area contributed by atoms with Gasteiger partial charge in [0.25, 0.3) is 0 Å². The number of rotatable bonds is 13. The highest BCUT2D eigenvalue weighted by molar-refractivity contribution is 5.66. The molecule has 4 N–H and O–H groups in total. The maximum Gasteiger partial charge on any atom is 0.303 e. The molecule has 0 unspecified atom stereocenters. The molecule has 1 aliphatic heterocycles. The molecule has 0 aromatic rings. The van der Waals surface area contributed by atoms with Crippen molar-refractivity contribution >= 4 is 5.97 Å². The molecule has 1 rings (SSSR count). The minimum atomic E-state index is -0.905. The van der Waals surface area contributed by atoms with Gasteiger partial charge in [0.1, 0.15) is 0 Å². The molecule has 0 amide bonds. The number of allylic oxidation sites excluding steroid dienone is 1. The van der Waals surface area contributed by atoms with Crippen LogP contribution in [0.15, 0.2) is 24.3 Å². The maximum atomic E-state index is 10.5. The highest BCUT2D eigenvalue weighted by Gasteiger charge is 2.36. The Balaban J connectivity index is 2.29. The average Bonchev–Trinajstić information content (AvgIpc) is 2.96. The summed E-state index contributed by atoms with van der Waals surface area (Å²) in [6.45, 7) is 2.16. The van der Waals surface area contributed by atoms with E-state index in [0.717, 1.165) is 12.8 Å². The largest absolute Gasteiger partial charge is 0.481 e. The summed E-state index contributed by atoms with van der Waals surface area (Å²) >= 11 is 0. The zero-order valence-electron chi connectivity index (χ0n) is 15.7. The predicted molar refractivity (Wildman–Crippen MR) is 99.8 cm³/mol. The molecule has 150 valence electrons. The Hall–Kier alpha value is -1.21. The lowest BCUT2D eigenvalue weighted by molar-refractivity contribution is -0.137. The quantitative estimate of drug-likeness (QED) is 0.293. The molecule has 0 radical (unpaired) electrons. The van der Waals surface area contributed by atoms with Crippen LogP contribution in [0.4, 0.5) is 0 Å². The summed E-state index contributed by atoms with van der Waals surface area (Å²) < 4.78 is 5.65. The molecule has 26 heavy (non-hydrogen) atoms. The van der Waals surface area contributed by atoms with Crippen LogP contribution in [0.5, 0.6) is 0 Å². The van der Waals surface area contributed by atoms with Crippen LogP contribution in [0, 0.1) is 0 Å². The zero-order valence-corrected chi connectivity index (χ0v) is 15.7. The van der Waals surface area contributed by atoms with Crippen LogP contribution in [0.1, 0.15) is 64.7 Å². The SMILES string of the molecule is CCCCC/C=C\C[C@H](O)/C=C\[C@H](O)[C@@H]1C[C@@H](O)[C@@H](CCCC(=O)O)O1. The van der Waals surface area contributed by atoms with Gasteiger partial charge >= 0.3 is 5.97 Å². The first-order valence-electron chi connectivity index (χ1n) is 9.68. The van der Waals surface area contributed by atoms with Crippen LogP contribution in [-0.2, 0) is 9.53 Å². The minimum absolute atomic E-state index is 0.0395. The number of carbonyl (C=O) groups is 1. The van der Waals surface area contributed by atoms with Crippen molar-refractivity contribution in [2.24, 2.45) is 0 Å². The van der Waals surface area contributed by atoms with E-state index in [2.05, 4.69) is 13.0 Å². The fourth-order valence-corrected chi connectivity index (χ4v) is 3.01. The second-order valence-electron chi connectivity index (χ2n) is 6.95. The van der Waals surface area contributed by atoms with Crippen LogP contribution >= 0.6 is 0 Å². The fourth-order valence-electron chi connectivity index (χ4n) is 3.01. The summed E-state index contributed by atoms with van der Waals surface area (Å²) in [5.41, 5.74) is 0. The van der Waals surface area contributed by atoms with E-state index in [1.807, 2.05) is 6.08 Å². The molecule has 5 atom stereocenters. The lowest BCUT2D eigenvalue weighted by Crippen LogP contribution is -2.25. The third-order valence-corrected chi connectivity index (χ3v) is 4.56. The second kappa shape index (κ2) is 13.0. The number of carboxylic acids is 1. The Morgan fingerprint density at radius 3 is 2.65 bits per heavy atom. The molecule has 0 aromatic heterocycles. The van der Waals surface area contributed by atoms with Gasteiger partial charge in [0.05, 0.1) is 30.5 Å². The van der Waals surface area contributed by atoms with E-state index in [-0.39, 0.29) is 6.42 Å². The second-order valence-corrected chi connectivity index (χ2v) is 6.95. The van der Waals surface area contributed by atoms with Crippen LogP contribution in [0.25, 0.3) is 0 Å². The molecule has 0 saturated carbocycles. The Morgan fingerprint density at radius 1 is 1.19 bits per heavy atom. The average molecular weight is 370 g/mol. The van der Waals surface area contributed by atoms with E-state index >= 15 is 0 Å². The van der Waals surface area contributed by atoms with Crippen molar-refractivity contribution in [3.8, 4) is 0 Å².